The van der Waals surface area contributed by atoms with Crippen LogP contribution in [0.2, 0.25) is 0 Å². The molecule has 1 fully saturated rings. The number of halogens is 2. The van der Waals surface area contributed by atoms with Crippen LogP contribution in [0.4, 0.5) is 8.78 Å². The van der Waals surface area contributed by atoms with Gasteiger partial charge in [-0.15, -0.1) is 0 Å². The van der Waals surface area contributed by atoms with E-state index in [2.05, 4.69) is 0 Å². The van der Waals surface area contributed by atoms with Crippen molar-refractivity contribution < 1.29 is 8.78 Å². The van der Waals surface area contributed by atoms with Crippen molar-refractivity contribution in [2.45, 2.75) is 31.6 Å². The highest BCUT2D eigenvalue weighted by atomic mass is 19.1. The summed E-state index contributed by atoms with van der Waals surface area (Å²) < 4.78 is 26.5. The van der Waals surface area contributed by atoms with Gasteiger partial charge in [0.05, 0.1) is 5.56 Å². The highest BCUT2D eigenvalue weighted by Crippen LogP contribution is 2.37. The van der Waals surface area contributed by atoms with Crippen molar-refractivity contribution in [3.8, 4) is 12.1 Å². The van der Waals surface area contributed by atoms with Crippen LogP contribution in [-0.4, -0.2) is 0 Å². The van der Waals surface area contributed by atoms with Crippen LogP contribution in [-0.2, 0) is 0 Å². The Bertz CT molecular complexity index is 600. The Hall–Kier alpha value is -2.20. The fraction of sp³-hybridized carbons (Fsp3) is 0.375. The first-order chi connectivity index (χ1) is 9.63. The lowest BCUT2D eigenvalue weighted by atomic mass is 9.78. The van der Waals surface area contributed by atoms with Gasteiger partial charge in [-0.1, -0.05) is 6.07 Å². The van der Waals surface area contributed by atoms with Gasteiger partial charge in [-0.2, -0.15) is 14.9 Å². The fourth-order valence-electron chi connectivity index (χ4n) is 2.74. The standard InChI is InChI=1S/C16H14F2N2/c17-15(10-20)7-11-1-3-12(4-2-11)13-5-6-14(9-19)16(18)8-13/h5-8,11-12H,1-4H2. The summed E-state index contributed by atoms with van der Waals surface area (Å²) in [6.07, 6.45) is 4.65. The molecular weight excluding hydrogens is 258 g/mol. The zero-order chi connectivity index (χ0) is 14.5. The summed E-state index contributed by atoms with van der Waals surface area (Å²) in [5, 5.41) is 17.1. The zero-order valence-corrected chi connectivity index (χ0v) is 10.9. The predicted molar refractivity (Wildman–Crippen MR) is 70.6 cm³/mol. The van der Waals surface area contributed by atoms with Crippen molar-refractivity contribution in [3.05, 3.63) is 47.0 Å². The summed E-state index contributed by atoms with van der Waals surface area (Å²) in [4.78, 5) is 0. The van der Waals surface area contributed by atoms with Crippen molar-refractivity contribution in [3.63, 3.8) is 0 Å². The van der Waals surface area contributed by atoms with Gasteiger partial charge in [0.25, 0.3) is 0 Å². The van der Waals surface area contributed by atoms with Crippen molar-refractivity contribution in [2.75, 3.05) is 0 Å². The summed E-state index contributed by atoms with van der Waals surface area (Å²) in [5.41, 5.74) is 0.950. The maximum absolute atomic E-state index is 13.6. The molecule has 0 aliphatic heterocycles. The van der Waals surface area contributed by atoms with E-state index in [1.807, 2.05) is 0 Å². The third-order valence-electron chi connectivity index (χ3n) is 3.85. The Labute approximate surface area is 117 Å². The van der Waals surface area contributed by atoms with Crippen LogP contribution in [0.25, 0.3) is 0 Å². The van der Waals surface area contributed by atoms with Gasteiger partial charge in [-0.3, -0.25) is 0 Å². The van der Waals surface area contributed by atoms with E-state index in [4.69, 9.17) is 10.5 Å². The topological polar surface area (TPSA) is 47.6 Å². The SMILES string of the molecule is N#CC(F)=CC1CCC(c2ccc(C#N)c(F)c2)CC1. The number of allylic oxidation sites excluding steroid dienone is 2. The second-order valence-corrected chi connectivity index (χ2v) is 5.09. The molecule has 1 aromatic carbocycles. The summed E-state index contributed by atoms with van der Waals surface area (Å²) in [5.74, 6) is -0.874. The number of nitriles is 2. The van der Waals surface area contributed by atoms with Gasteiger partial charge in [0.2, 0.25) is 0 Å². The quantitative estimate of drug-likeness (QED) is 0.751. The van der Waals surface area contributed by atoms with E-state index in [1.54, 1.807) is 12.1 Å². The molecular formula is C16H14F2N2. The Morgan fingerprint density at radius 2 is 1.90 bits per heavy atom. The lowest BCUT2D eigenvalue weighted by molar-refractivity contribution is 0.371. The van der Waals surface area contributed by atoms with Gasteiger partial charge in [-0.25, -0.2) is 4.39 Å². The van der Waals surface area contributed by atoms with Gasteiger partial charge in [0, 0.05) is 0 Å². The molecule has 1 aliphatic carbocycles. The second-order valence-electron chi connectivity index (χ2n) is 5.09. The van der Waals surface area contributed by atoms with Gasteiger partial charge in [0.15, 0.2) is 5.83 Å². The lowest BCUT2D eigenvalue weighted by Gasteiger charge is -2.27. The Morgan fingerprint density at radius 3 is 2.45 bits per heavy atom. The van der Waals surface area contributed by atoms with Gasteiger partial charge < -0.3 is 0 Å². The van der Waals surface area contributed by atoms with Gasteiger partial charge in [-0.05, 0) is 61.3 Å². The van der Waals surface area contributed by atoms with Crippen molar-refractivity contribution in [1.29, 1.82) is 10.5 Å². The molecule has 1 aliphatic rings. The van der Waals surface area contributed by atoms with E-state index in [0.717, 1.165) is 31.2 Å². The maximum atomic E-state index is 13.6. The Morgan fingerprint density at radius 1 is 1.20 bits per heavy atom. The van der Waals surface area contributed by atoms with E-state index in [0.29, 0.717) is 0 Å². The highest BCUT2D eigenvalue weighted by molar-refractivity contribution is 5.35. The molecule has 1 saturated carbocycles. The van der Waals surface area contributed by atoms with Crippen molar-refractivity contribution >= 4 is 0 Å². The van der Waals surface area contributed by atoms with Crippen molar-refractivity contribution in [1.82, 2.24) is 0 Å². The molecule has 0 atom stereocenters. The molecule has 1 aromatic rings. The molecule has 4 heteroatoms. The smallest absolute Gasteiger partial charge is 0.196 e. The van der Waals surface area contributed by atoms with E-state index >= 15 is 0 Å². The molecule has 0 saturated heterocycles. The monoisotopic (exact) mass is 272 g/mol. The van der Waals surface area contributed by atoms with E-state index in [-0.39, 0.29) is 17.4 Å². The number of nitrogens with zero attached hydrogens (tertiary/aromatic N) is 2. The molecule has 2 rings (SSSR count). The van der Waals surface area contributed by atoms with E-state index in [1.165, 1.54) is 24.3 Å². The van der Waals surface area contributed by atoms with Crippen molar-refractivity contribution in [2.24, 2.45) is 5.92 Å². The molecule has 102 valence electrons. The Balaban J connectivity index is 2.03. The first kappa shape index (κ1) is 14.2. The molecule has 0 heterocycles. The minimum absolute atomic E-state index is 0.0569. The second kappa shape index (κ2) is 6.30. The zero-order valence-electron chi connectivity index (χ0n) is 10.9. The molecule has 0 spiro atoms. The maximum Gasteiger partial charge on any atom is 0.196 e. The molecule has 0 aromatic heterocycles. The highest BCUT2D eigenvalue weighted by Gasteiger charge is 2.22. The number of rotatable bonds is 2. The molecule has 20 heavy (non-hydrogen) atoms. The summed E-state index contributed by atoms with van der Waals surface area (Å²) in [6, 6.07) is 8.02. The van der Waals surface area contributed by atoms with Crippen LogP contribution in [0.5, 0.6) is 0 Å². The third-order valence-corrected chi connectivity index (χ3v) is 3.85. The summed E-state index contributed by atoms with van der Waals surface area (Å²) >= 11 is 0. The predicted octanol–water partition coefficient (Wildman–Crippen LogP) is 4.35. The van der Waals surface area contributed by atoms with Crippen LogP contribution in [0.15, 0.2) is 30.1 Å². The normalized spacial score (nSPS) is 22.9. The Kier molecular flexibility index (Phi) is 4.48. The van der Waals surface area contributed by atoms with Crippen LogP contribution < -0.4 is 0 Å². The van der Waals surface area contributed by atoms with Crippen LogP contribution in [0, 0.1) is 34.4 Å². The molecule has 0 amide bonds. The molecule has 0 N–H and O–H groups in total. The number of benzene rings is 1. The minimum Gasteiger partial charge on any atom is -0.206 e. The molecule has 2 nitrogen and oxygen atoms in total. The van der Waals surface area contributed by atoms with Crippen LogP contribution in [0.1, 0.15) is 42.7 Å². The fourth-order valence-corrected chi connectivity index (χ4v) is 2.74. The summed E-state index contributed by atoms with van der Waals surface area (Å²) in [7, 11) is 0. The van der Waals surface area contributed by atoms with E-state index in [9.17, 15) is 8.78 Å². The van der Waals surface area contributed by atoms with E-state index < -0.39 is 11.6 Å². The average molecular weight is 272 g/mol. The van der Waals surface area contributed by atoms with Gasteiger partial charge in [0.1, 0.15) is 18.0 Å². The van der Waals surface area contributed by atoms with Crippen LogP contribution in [0.3, 0.4) is 0 Å². The molecule has 0 bridgehead atoms. The number of hydrogen-bond donors (Lipinski definition) is 0. The van der Waals surface area contributed by atoms with Gasteiger partial charge >= 0.3 is 0 Å². The van der Waals surface area contributed by atoms with Crippen LogP contribution >= 0.6 is 0 Å². The largest absolute Gasteiger partial charge is 0.206 e. The molecule has 0 unspecified atom stereocenters. The third kappa shape index (κ3) is 3.22. The minimum atomic E-state index is -0.724. The average Bonchev–Trinajstić information content (AvgIpc) is 2.47. The molecule has 0 radical (unpaired) electrons. The first-order valence-electron chi connectivity index (χ1n) is 6.61. The number of hydrogen-bond acceptors (Lipinski definition) is 2. The lowest BCUT2D eigenvalue weighted by Crippen LogP contribution is -2.12. The summed E-state index contributed by atoms with van der Waals surface area (Å²) in [6.45, 7) is 0. The first-order valence-corrected chi connectivity index (χ1v) is 6.61.